The normalized spacial score (nSPS) is 12.7. The first-order valence-corrected chi connectivity index (χ1v) is 10.2. The van der Waals surface area contributed by atoms with E-state index >= 15 is 0 Å². The molecule has 0 fully saturated rings. The molecule has 0 spiro atoms. The summed E-state index contributed by atoms with van der Waals surface area (Å²) in [7, 11) is 0. The van der Waals surface area contributed by atoms with Crippen LogP contribution < -0.4 is 10.1 Å². The van der Waals surface area contributed by atoms with Gasteiger partial charge in [0.15, 0.2) is 6.61 Å². The van der Waals surface area contributed by atoms with E-state index in [4.69, 9.17) is 16.3 Å². The lowest BCUT2D eigenvalue weighted by molar-refractivity contribution is -0.142. The van der Waals surface area contributed by atoms with Crippen molar-refractivity contribution in [3.63, 3.8) is 0 Å². The Hall–Kier alpha value is -2.53. The maximum atomic E-state index is 13.0. The fourth-order valence-electron chi connectivity index (χ4n) is 2.82. The number of para-hydroxylation sites is 1. The summed E-state index contributed by atoms with van der Waals surface area (Å²) < 4.78 is 5.72. The van der Waals surface area contributed by atoms with Gasteiger partial charge in [-0.3, -0.25) is 9.59 Å². The van der Waals surface area contributed by atoms with Crippen LogP contribution in [0.3, 0.4) is 0 Å². The molecule has 0 unspecified atom stereocenters. The predicted molar refractivity (Wildman–Crippen MR) is 116 cm³/mol. The minimum atomic E-state index is -0.643. The van der Waals surface area contributed by atoms with Gasteiger partial charge in [-0.1, -0.05) is 48.9 Å². The molecule has 1 N–H and O–H groups in total. The Bertz CT molecular complexity index is 840. The number of nitrogens with one attached hydrogen (secondary N) is 1. The SMILES string of the molecule is CC[C@@H](C)NC(=O)[C@H](C)N(Cc1cccc(Cl)c1)C(=O)COc1ccccc1C. The molecule has 29 heavy (non-hydrogen) atoms. The molecule has 0 aliphatic rings. The van der Waals surface area contributed by atoms with Gasteiger partial charge in [-0.25, -0.2) is 0 Å². The number of halogens is 1. The standard InChI is InChI=1S/C23H29ClN2O3/c1-5-17(3)25-23(28)18(4)26(14-19-10-8-11-20(24)13-19)22(27)15-29-21-12-7-6-9-16(21)2/h6-13,17-18H,5,14-15H2,1-4H3,(H,25,28)/t17-,18+/m1/s1. The Kier molecular flexibility index (Phi) is 8.52. The molecule has 0 saturated heterocycles. The maximum absolute atomic E-state index is 13.0. The van der Waals surface area contributed by atoms with Crippen LogP contribution in [0.2, 0.25) is 5.02 Å². The minimum absolute atomic E-state index is 0.0382. The van der Waals surface area contributed by atoms with Crippen molar-refractivity contribution in [2.24, 2.45) is 0 Å². The zero-order valence-corrected chi connectivity index (χ0v) is 18.2. The summed E-state index contributed by atoms with van der Waals surface area (Å²) in [6, 6.07) is 14.2. The summed E-state index contributed by atoms with van der Waals surface area (Å²) in [5, 5.41) is 3.53. The molecule has 6 heteroatoms. The Labute approximate surface area is 178 Å². The smallest absolute Gasteiger partial charge is 0.261 e. The molecular formula is C23H29ClN2O3. The fraction of sp³-hybridized carbons (Fsp3) is 0.391. The van der Waals surface area contributed by atoms with Gasteiger partial charge in [0.25, 0.3) is 5.91 Å². The first-order valence-electron chi connectivity index (χ1n) is 9.84. The van der Waals surface area contributed by atoms with Gasteiger partial charge in [0.1, 0.15) is 11.8 Å². The van der Waals surface area contributed by atoms with E-state index < -0.39 is 6.04 Å². The second-order valence-electron chi connectivity index (χ2n) is 7.20. The summed E-state index contributed by atoms with van der Waals surface area (Å²) in [5.74, 6) is 0.200. The average Bonchev–Trinajstić information content (AvgIpc) is 2.70. The number of nitrogens with zero attached hydrogens (tertiary/aromatic N) is 1. The van der Waals surface area contributed by atoms with Crippen molar-refractivity contribution in [3.05, 3.63) is 64.7 Å². The number of amides is 2. The van der Waals surface area contributed by atoms with Crippen molar-refractivity contribution >= 4 is 23.4 Å². The highest BCUT2D eigenvalue weighted by Crippen LogP contribution is 2.18. The maximum Gasteiger partial charge on any atom is 0.261 e. The van der Waals surface area contributed by atoms with Crippen LogP contribution in [0.4, 0.5) is 0 Å². The largest absolute Gasteiger partial charge is 0.484 e. The quantitative estimate of drug-likeness (QED) is 0.660. The molecule has 0 aliphatic heterocycles. The van der Waals surface area contributed by atoms with E-state index in [-0.39, 0.29) is 31.0 Å². The van der Waals surface area contributed by atoms with Gasteiger partial charge in [0.05, 0.1) is 0 Å². The number of ether oxygens (including phenoxy) is 1. The van der Waals surface area contributed by atoms with Gasteiger partial charge in [-0.15, -0.1) is 0 Å². The predicted octanol–water partition coefficient (Wildman–Crippen LogP) is 4.36. The molecule has 0 heterocycles. The summed E-state index contributed by atoms with van der Waals surface area (Å²) in [5.41, 5.74) is 1.80. The number of rotatable bonds is 9. The van der Waals surface area contributed by atoms with Gasteiger partial charge < -0.3 is 15.0 Å². The Morgan fingerprint density at radius 1 is 1.14 bits per heavy atom. The van der Waals surface area contributed by atoms with E-state index in [0.717, 1.165) is 17.5 Å². The molecule has 2 rings (SSSR count). The molecule has 2 aromatic carbocycles. The van der Waals surface area contributed by atoms with Crippen LogP contribution in [0.25, 0.3) is 0 Å². The molecule has 2 atom stereocenters. The highest BCUT2D eigenvalue weighted by molar-refractivity contribution is 6.30. The fourth-order valence-corrected chi connectivity index (χ4v) is 3.03. The lowest BCUT2D eigenvalue weighted by Gasteiger charge is -2.29. The van der Waals surface area contributed by atoms with Crippen molar-refractivity contribution in [2.75, 3.05) is 6.61 Å². The van der Waals surface area contributed by atoms with Gasteiger partial charge >= 0.3 is 0 Å². The van der Waals surface area contributed by atoms with Gasteiger partial charge in [-0.05, 0) is 56.5 Å². The topological polar surface area (TPSA) is 58.6 Å². The molecule has 5 nitrogen and oxygen atoms in total. The average molecular weight is 417 g/mol. The van der Waals surface area contributed by atoms with E-state index in [1.807, 2.05) is 57.2 Å². The molecular weight excluding hydrogens is 388 g/mol. The van der Waals surface area contributed by atoms with Crippen molar-refractivity contribution in [3.8, 4) is 5.75 Å². The van der Waals surface area contributed by atoms with E-state index in [0.29, 0.717) is 10.8 Å². The minimum Gasteiger partial charge on any atom is -0.484 e. The summed E-state index contributed by atoms with van der Waals surface area (Å²) in [6.45, 7) is 7.72. The molecule has 2 aromatic rings. The molecule has 0 aliphatic carbocycles. The van der Waals surface area contributed by atoms with E-state index in [2.05, 4.69) is 5.32 Å². The highest BCUT2D eigenvalue weighted by Gasteiger charge is 2.27. The van der Waals surface area contributed by atoms with Crippen molar-refractivity contribution in [1.82, 2.24) is 10.2 Å². The second-order valence-corrected chi connectivity index (χ2v) is 7.64. The lowest BCUT2D eigenvalue weighted by atomic mass is 10.1. The third-order valence-electron chi connectivity index (χ3n) is 4.86. The lowest BCUT2D eigenvalue weighted by Crippen LogP contribution is -2.50. The molecule has 156 valence electrons. The third kappa shape index (κ3) is 6.79. The van der Waals surface area contributed by atoms with E-state index in [1.54, 1.807) is 19.1 Å². The highest BCUT2D eigenvalue weighted by atomic mass is 35.5. The number of benzene rings is 2. The molecule has 0 aromatic heterocycles. The van der Waals surface area contributed by atoms with Crippen LogP contribution in [0, 0.1) is 6.92 Å². The van der Waals surface area contributed by atoms with Gasteiger partial charge in [-0.2, -0.15) is 0 Å². The first kappa shape index (κ1) is 22.8. The van der Waals surface area contributed by atoms with Crippen LogP contribution in [0.1, 0.15) is 38.3 Å². The zero-order valence-electron chi connectivity index (χ0n) is 17.4. The van der Waals surface area contributed by atoms with Gasteiger partial charge in [0, 0.05) is 17.6 Å². The molecule has 0 saturated carbocycles. The molecule has 0 bridgehead atoms. The summed E-state index contributed by atoms with van der Waals surface area (Å²) in [6.07, 6.45) is 0.817. The van der Waals surface area contributed by atoms with Gasteiger partial charge in [0.2, 0.25) is 5.91 Å². The van der Waals surface area contributed by atoms with Crippen molar-refractivity contribution in [2.45, 2.75) is 52.7 Å². The van der Waals surface area contributed by atoms with Crippen LogP contribution in [0.5, 0.6) is 5.75 Å². The monoisotopic (exact) mass is 416 g/mol. The number of hydrogen-bond donors (Lipinski definition) is 1. The Morgan fingerprint density at radius 3 is 2.52 bits per heavy atom. The van der Waals surface area contributed by atoms with Crippen LogP contribution in [0.15, 0.2) is 48.5 Å². The van der Waals surface area contributed by atoms with Crippen molar-refractivity contribution in [1.29, 1.82) is 0 Å². The van der Waals surface area contributed by atoms with Crippen LogP contribution in [-0.2, 0) is 16.1 Å². The first-order chi connectivity index (χ1) is 13.8. The summed E-state index contributed by atoms with van der Waals surface area (Å²) in [4.78, 5) is 27.2. The van der Waals surface area contributed by atoms with Crippen LogP contribution in [-0.4, -0.2) is 35.4 Å². The van der Waals surface area contributed by atoms with Crippen LogP contribution >= 0.6 is 11.6 Å². The van der Waals surface area contributed by atoms with Crippen molar-refractivity contribution < 1.29 is 14.3 Å². The number of carbonyl (C=O) groups is 2. The number of hydrogen-bond acceptors (Lipinski definition) is 3. The third-order valence-corrected chi connectivity index (χ3v) is 5.09. The zero-order chi connectivity index (χ0) is 21.4. The van der Waals surface area contributed by atoms with E-state index in [9.17, 15) is 9.59 Å². The summed E-state index contributed by atoms with van der Waals surface area (Å²) >= 11 is 6.09. The Morgan fingerprint density at radius 2 is 1.86 bits per heavy atom. The number of carbonyl (C=O) groups excluding carboxylic acids is 2. The Balaban J connectivity index is 2.17. The molecule has 2 amide bonds. The molecule has 0 radical (unpaired) electrons. The second kappa shape index (κ2) is 10.9. The number of aryl methyl sites for hydroxylation is 1. The van der Waals surface area contributed by atoms with E-state index in [1.165, 1.54) is 4.90 Å².